The van der Waals surface area contributed by atoms with Gasteiger partial charge in [0.15, 0.2) is 0 Å². The van der Waals surface area contributed by atoms with Crippen LogP contribution in [0.2, 0.25) is 0 Å². The lowest BCUT2D eigenvalue weighted by atomic mass is 9.88. The van der Waals surface area contributed by atoms with Crippen LogP contribution in [-0.2, 0) is 19.1 Å². The highest BCUT2D eigenvalue weighted by molar-refractivity contribution is 8.04. The lowest BCUT2D eigenvalue weighted by Gasteiger charge is -2.26. The molecule has 1 aliphatic heterocycles. The summed E-state index contributed by atoms with van der Waals surface area (Å²) in [6.07, 6.45) is 0. The van der Waals surface area contributed by atoms with E-state index >= 15 is 0 Å². The Morgan fingerprint density at radius 3 is 2.48 bits per heavy atom. The smallest absolute Gasteiger partial charge is 0.345 e. The van der Waals surface area contributed by atoms with Crippen molar-refractivity contribution in [2.24, 2.45) is 0 Å². The van der Waals surface area contributed by atoms with E-state index in [9.17, 15) is 19.5 Å². The number of aromatic nitrogens is 1. The first kappa shape index (κ1) is 17.3. The highest BCUT2D eigenvalue weighted by Gasteiger charge is 2.40. The summed E-state index contributed by atoms with van der Waals surface area (Å²) in [4.78, 5) is 39.4. The van der Waals surface area contributed by atoms with E-state index in [0.29, 0.717) is 15.5 Å². The largest absolute Gasteiger partial charge is 0.508 e. The van der Waals surface area contributed by atoms with E-state index in [4.69, 9.17) is 9.47 Å². The molecule has 0 fully saturated rings. The lowest BCUT2D eigenvalue weighted by Crippen LogP contribution is -2.22. The summed E-state index contributed by atoms with van der Waals surface area (Å²) in [6.45, 7) is 0. The summed E-state index contributed by atoms with van der Waals surface area (Å²) in [7, 11) is 2.40. The number of aromatic hydroxyl groups is 1. The number of nitrogens with one attached hydrogen (secondary N) is 1. The van der Waals surface area contributed by atoms with Crippen molar-refractivity contribution in [3.8, 4) is 5.75 Å². The van der Waals surface area contributed by atoms with Gasteiger partial charge in [-0.25, -0.2) is 9.59 Å². The number of hydrogen-bond acceptors (Lipinski definition) is 8. The average Bonchev–Trinajstić information content (AvgIpc) is 2.99. The number of fused-ring (bicyclic) bond motifs is 1. The second-order valence-electron chi connectivity index (χ2n) is 5.03. The number of H-pyrrole nitrogens is 1. The van der Waals surface area contributed by atoms with Crippen molar-refractivity contribution in [1.82, 2.24) is 4.98 Å². The molecule has 1 aromatic heterocycles. The number of rotatable bonds is 3. The van der Waals surface area contributed by atoms with Crippen LogP contribution in [-0.4, -0.2) is 36.2 Å². The first-order valence-corrected chi connectivity index (χ1v) is 8.70. The number of thiazole rings is 1. The molecular formula is C16H13NO6S2. The van der Waals surface area contributed by atoms with Crippen molar-refractivity contribution in [2.75, 3.05) is 14.2 Å². The standard InChI is InChI=1S/C16H13NO6S2/c1-22-14(19)10-9(7-5-3-4-6-8(7)18)11-13(17-16(21)25-11)24-12(10)15(20)23-2/h3-6,9,18H,1-2H3,(H,17,21)/t9-/m1/s1. The maximum absolute atomic E-state index is 12.4. The van der Waals surface area contributed by atoms with Gasteiger partial charge in [-0.1, -0.05) is 41.3 Å². The van der Waals surface area contributed by atoms with Crippen LogP contribution in [0.15, 0.2) is 44.6 Å². The van der Waals surface area contributed by atoms with Crippen molar-refractivity contribution in [3.63, 3.8) is 0 Å². The first-order valence-electron chi connectivity index (χ1n) is 7.07. The third-order valence-corrected chi connectivity index (χ3v) is 5.86. The molecule has 1 aliphatic rings. The Bertz CT molecular complexity index is 942. The minimum Gasteiger partial charge on any atom is -0.508 e. The topological polar surface area (TPSA) is 106 Å². The number of aromatic amines is 1. The normalized spacial score (nSPS) is 16.3. The molecule has 0 unspecified atom stereocenters. The average molecular weight is 379 g/mol. The Hall–Kier alpha value is -2.52. The van der Waals surface area contributed by atoms with Gasteiger partial charge in [-0.3, -0.25) is 4.79 Å². The van der Waals surface area contributed by atoms with Crippen molar-refractivity contribution in [3.05, 3.63) is 54.9 Å². The monoisotopic (exact) mass is 379 g/mol. The van der Waals surface area contributed by atoms with Crippen molar-refractivity contribution in [1.29, 1.82) is 0 Å². The molecule has 2 heterocycles. The van der Waals surface area contributed by atoms with E-state index in [1.165, 1.54) is 20.3 Å². The molecule has 1 atom stereocenters. The quantitative estimate of drug-likeness (QED) is 0.786. The Balaban J connectivity index is 2.33. The van der Waals surface area contributed by atoms with E-state index in [1.54, 1.807) is 18.2 Å². The van der Waals surface area contributed by atoms with Crippen LogP contribution in [0, 0.1) is 0 Å². The van der Waals surface area contributed by atoms with Crippen molar-refractivity contribution in [2.45, 2.75) is 10.9 Å². The summed E-state index contributed by atoms with van der Waals surface area (Å²) < 4.78 is 9.62. The van der Waals surface area contributed by atoms with Gasteiger partial charge >= 0.3 is 16.8 Å². The summed E-state index contributed by atoms with van der Waals surface area (Å²) in [5.41, 5.74) is 0.421. The van der Waals surface area contributed by atoms with Gasteiger partial charge in [-0.2, -0.15) is 0 Å². The van der Waals surface area contributed by atoms with Gasteiger partial charge in [-0.05, 0) is 6.07 Å². The molecule has 0 saturated heterocycles. The molecule has 1 aromatic carbocycles. The number of esters is 2. The summed E-state index contributed by atoms with van der Waals surface area (Å²) in [5.74, 6) is -2.32. The lowest BCUT2D eigenvalue weighted by molar-refractivity contribution is -0.139. The van der Waals surface area contributed by atoms with Crippen LogP contribution < -0.4 is 4.87 Å². The maximum Gasteiger partial charge on any atom is 0.345 e. The number of methoxy groups -OCH3 is 2. The fourth-order valence-electron chi connectivity index (χ4n) is 2.60. The van der Waals surface area contributed by atoms with E-state index in [1.807, 2.05) is 0 Å². The highest BCUT2D eigenvalue weighted by Crippen LogP contribution is 2.50. The Kier molecular flexibility index (Phi) is 4.69. The van der Waals surface area contributed by atoms with Crippen molar-refractivity contribution >= 4 is 35.0 Å². The first-order chi connectivity index (χ1) is 12.0. The number of phenolic OH excluding ortho intramolecular Hbond substituents is 1. The number of hydrogen-bond donors (Lipinski definition) is 2. The van der Waals surface area contributed by atoms with E-state index in [-0.39, 0.29) is 21.1 Å². The molecule has 0 spiro atoms. The highest BCUT2D eigenvalue weighted by atomic mass is 32.2. The predicted molar refractivity (Wildman–Crippen MR) is 91.8 cm³/mol. The summed E-state index contributed by atoms with van der Waals surface area (Å²) >= 11 is 1.86. The molecule has 0 aliphatic carbocycles. The molecule has 7 nitrogen and oxygen atoms in total. The van der Waals surface area contributed by atoms with Crippen LogP contribution >= 0.6 is 23.1 Å². The van der Waals surface area contributed by atoms with Crippen LogP contribution in [0.4, 0.5) is 0 Å². The second-order valence-corrected chi connectivity index (χ2v) is 7.06. The van der Waals surface area contributed by atoms with Crippen molar-refractivity contribution < 1.29 is 24.2 Å². The number of ether oxygens (including phenoxy) is 2. The van der Waals surface area contributed by atoms with Gasteiger partial charge in [0.1, 0.15) is 10.7 Å². The Labute approximate surface area is 150 Å². The number of para-hydroxylation sites is 1. The van der Waals surface area contributed by atoms with Crippen LogP contribution in [0.5, 0.6) is 5.75 Å². The number of thioether (sulfide) groups is 1. The van der Waals surface area contributed by atoms with E-state index < -0.39 is 17.9 Å². The number of benzene rings is 1. The van der Waals surface area contributed by atoms with Gasteiger partial charge < -0.3 is 19.6 Å². The fraction of sp³-hybridized carbons (Fsp3) is 0.188. The predicted octanol–water partition coefficient (Wildman–Crippen LogP) is 1.98. The van der Waals surface area contributed by atoms with E-state index in [0.717, 1.165) is 23.1 Å². The molecular weight excluding hydrogens is 366 g/mol. The van der Waals surface area contributed by atoms with Gasteiger partial charge in [-0.15, -0.1) is 0 Å². The number of carbonyl (C=O) groups is 2. The van der Waals surface area contributed by atoms with Crippen LogP contribution in [0.25, 0.3) is 0 Å². The Morgan fingerprint density at radius 1 is 1.16 bits per heavy atom. The summed E-state index contributed by atoms with van der Waals surface area (Å²) in [5, 5.41) is 10.7. The van der Waals surface area contributed by atoms with Gasteiger partial charge in [0.25, 0.3) is 0 Å². The zero-order chi connectivity index (χ0) is 18.1. The second kappa shape index (κ2) is 6.77. The molecule has 2 N–H and O–H groups in total. The minimum absolute atomic E-state index is 0.0177. The molecule has 0 amide bonds. The van der Waals surface area contributed by atoms with Gasteiger partial charge in [0.05, 0.1) is 35.6 Å². The zero-order valence-electron chi connectivity index (χ0n) is 13.2. The third kappa shape index (κ3) is 2.96. The molecule has 0 saturated carbocycles. The van der Waals surface area contributed by atoms with Gasteiger partial charge in [0.2, 0.25) is 0 Å². The molecule has 3 rings (SSSR count). The molecule has 9 heteroatoms. The molecule has 0 bridgehead atoms. The molecule has 25 heavy (non-hydrogen) atoms. The minimum atomic E-state index is -0.817. The molecule has 130 valence electrons. The van der Waals surface area contributed by atoms with E-state index in [2.05, 4.69) is 4.98 Å². The maximum atomic E-state index is 12.4. The number of carbonyl (C=O) groups excluding carboxylic acids is 2. The Morgan fingerprint density at radius 2 is 1.84 bits per heavy atom. The zero-order valence-corrected chi connectivity index (χ0v) is 14.8. The number of phenols is 1. The van der Waals surface area contributed by atoms with Gasteiger partial charge in [0, 0.05) is 5.56 Å². The molecule has 2 aromatic rings. The SMILES string of the molecule is COC(=O)C1=C(C(=O)OC)[C@@H](c2ccccc2O)c2sc(=O)[nH]c2S1. The molecule has 0 radical (unpaired) electrons. The van der Waals surface area contributed by atoms with Crippen LogP contribution in [0.3, 0.4) is 0 Å². The summed E-state index contributed by atoms with van der Waals surface area (Å²) in [6, 6.07) is 6.43. The van der Waals surface area contributed by atoms with Crippen LogP contribution in [0.1, 0.15) is 16.4 Å². The third-order valence-electron chi connectivity index (χ3n) is 3.67. The fourth-order valence-corrected chi connectivity index (χ4v) is 4.82.